The number of guanidine groups is 1. The first-order valence-electron chi connectivity index (χ1n) is 5.55. The van der Waals surface area contributed by atoms with E-state index >= 15 is 0 Å². The minimum Gasteiger partial charge on any atom is -0.383 e. The summed E-state index contributed by atoms with van der Waals surface area (Å²) in [6.45, 7) is 7.40. The largest absolute Gasteiger partial charge is 0.383 e. The highest BCUT2D eigenvalue weighted by atomic mass is 16.5. The van der Waals surface area contributed by atoms with Crippen molar-refractivity contribution in [1.82, 2.24) is 10.3 Å². The Kier molecular flexibility index (Phi) is 9.21. The summed E-state index contributed by atoms with van der Waals surface area (Å²) in [4.78, 5) is 6.48. The molecule has 0 saturated heterocycles. The zero-order chi connectivity index (χ0) is 11.5. The van der Waals surface area contributed by atoms with Crippen LogP contribution in [0.1, 0.15) is 26.7 Å². The van der Waals surface area contributed by atoms with Gasteiger partial charge in [0.15, 0.2) is 0 Å². The lowest BCUT2D eigenvalue weighted by molar-refractivity contribution is 0.176. The van der Waals surface area contributed by atoms with E-state index in [4.69, 9.17) is 10.6 Å². The molecule has 0 rings (SSSR count). The van der Waals surface area contributed by atoms with Crippen molar-refractivity contribution in [3.8, 4) is 0 Å². The Morgan fingerprint density at radius 2 is 2.20 bits per heavy atom. The number of unbranched alkanes of at least 4 members (excludes halogenated alkanes) is 1. The van der Waals surface area contributed by atoms with Crippen molar-refractivity contribution in [3.63, 3.8) is 0 Å². The minimum absolute atomic E-state index is 0.683. The van der Waals surface area contributed by atoms with Crippen LogP contribution >= 0.6 is 0 Å². The number of rotatable bonds is 7. The molecule has 0 aromatic heterocycles. The predicted molar refractivity (Wildman–Crippen MR) is 63.7 cm³/mol. The van der Waals surface area contributed by atoms with Gasteiger partial charge >= 0.3 is 0 Å². The molecule has 0 spiro atoms. The second-order valence-electron chi connectivity index (χ2n) is 3.28. The molecule has 0 radical (unpaired) electrons. The lowest BCUT2D eigenvalue weighted by atomic mass is 10.3. The Hall–Kier alpha value is -0.810. The van der Waals surface area contributed by atoms with Crippen LogP contribution in [-0.2, 0) is 4.74 Å². The van der Waals surface area contributed by atoms with Gasteiger partial charge in [-0.05, 0) is 13.3 Å². The number of aliphatic imine (C=N–C) groups is 1. The molecule has 5 nitrogen and oxygen atoms in total. The van der Waals surface area contributed by atoms with Crippen LogP contribution < -0.4 is 11.3 Å². The van der Waals surface area contributed by atoms with Gasteiger partial charge < -0.3 is 9.64 Å². The maximum atomic E-state index is 5.44. The van der Waals surface area contributed by atoms with Crippen molar-refractivity contribution in [2.24, 2.45) is 10.8 Å². The van der Waals surface area contributed by atoms with Crippen molar-refractivity contribution >= 4 is 5.96 Å². The second-order valence-corrected chi connectivity index (χ2v) is 3.28. The zero-order valence-electron chi connectivity index (χ0n) is 10.1. The Morgan fingerprint density at radius 3 is 2.67 bits per heavy atom. The first-order valence-corrected chi connectivity index (χ1v) is 5.55. The highest BCUT2D eigenvalue weighted by molar-refractivity contribution is 5.79. The number of likely N-dealkylation sites (N-methyl/N-ethyl adjacent to an activating group) is 1. The summed E-state index contributed by atoms with van der Waals surface area (Å²) in [6.07, 6.45) is 2.23. The van der Waals surface area contributed by atoms with Gasteiger partial charge in [0.05, 0.1) is 6.61 Å². The van der Waals surface area contributed by atoms with Crippen LogP contribution in [0.5, 0.6) is 0 Å². The fourth-order valence-electron chi connectivity index (χ4n) is 1.20. The smallest absolute Gasteiger partial charge is 0.208 e. The van der Waals surface area contributed by atoms with Gasteiger partial charge in [0.1, 0.15) is 0 Å². The first kappa shape index (κ1) is 14.2. The number of hydrogen-bond donors (Lipinski definition) is 2. The van der Waals surface area contributed by atoms with Crippen LogP contribution in [0, 0.1) is 0 Å². The quantitative estimate of drug-likeness (QED) is 0.215. The normalized spacial score (nSPS) is 11.6. The Balaban J connectivity index is 4.12. The van der Waals surface area contributed by atoms with Crippen LogP contribution in [-0.4, -0.2) is 44.2 Å². The SMILES string of the molecule is CCCCN=C(NN)N(CC)CCOC. The predicted octanol–water partition coefficient (Wildman–Crippen LogP) is 0.574. The molecule has 0 bridgehead atoms. The number of ether oxygens (including phenoxy) is 1. The second kappa shape index (κ2) is 9.73. The standard InChI is InChI=1S/C10H24N4O/c1-4-6-7-12-10(13-11)14(5-2)8-9-15-3/h4-9,11H2,1-3H3,(H,12,13). The summed E-state index contributed by atoms with van der Waals surface area (Å²) in [5, 5.41) is 0. The van der Waals surface area contributed by atoms with Gasteiger partial charge in [-0.15, -0.1) is 0 Å². The van der Waals surface area contributed by atoms with Gasteiger partial charge in [0.25, 0.3) is 0 Å². The third-order valence-electron chi connectivity index (χ3n) is 2.15. The third kappa shape index (κ3) is 6.30. The monoisotopic (exact) mass is 216 g/mol. The number of hydrogen-bond acceptors (Lipinski definition) is 3. The highest BCUT2D eigenvalue weighted by Crippen LogP contribution is 1.92. The molecular formula is C10H24N4O. The Morgan fingerprint density at radius 1 is 1.47 bits per heavy atom. The van der Waals surface area contributed by atoms with Gasteiger partial charge in [-0.1, -0.05) is 13.3 Å². The van der Waals surface area contributed by atoms with Crippen molar-refractivity contribution in [2.75, 3.05) is 33.4 Å². The number of nitrogens with one attached hydrogen (secondary N) is 1. The number of nitrogens with two attached hydrogens (primary N) is 1. The Labute approximate surface area is 92.7 Å². The molecule has 0 atom stereocenters. The van der Waals surface area contributed by atoms with Gasteiger partial charge in [-0.3, -0.25) is 10.4 Å². The molecule has 0 unspecified atom stereocenters. The molecule has 0 heterocycles. The number of methoxy groups -OCH3 is 1. The van der Waals surface area contributed by atoms with Gasteiger partial charge in [0, 0.05) is 26.7 Å². The van der Waals surface area contributed by atoms with E-state index in [0.29, 0.717) is 6.61 Å². The van der Waals surface area contributed by atoms with E-state index in [9.17, 15) is 0 Å². The van der Waals surface area contributed by atoms with E-state index < -0.39 is 0 Å². The summed E-state index contributed by atoms with van der Waals surface area (Å²) in [5.74, 6) is 6.19. The maximum absolute atomic E-state index is 5.44. The van der Waals surface area contributed by atoms with E-state index in [1.165, 1.54) is 0 Å². The van der Waals surface area contributed by atoms with Crippen LogP contribution in [0.4, 0.5) is 0 Å². The molecule has 15 heavy (non-hydrogen) atoms. The van der Waals surface area contributed by atoms with Crippen molar-refractivity contribution in [3.05, 3.63) is 0 Å². The average molecular weight is 216 g/mol. The van der Waals surface area contributed by atoms with Gasteiger partial charge in [-0.25, -0.2) is 5.84 Å². The van der Waals surface area contributed by atoms with E-state index in [1.54, 1.807) is 7.11 Å². The molecule has 0 amide bonds. The third-order valence-corrected chi connectivity index (χ3v) is 2.15. The fourth-order valence-corrected chi connectivity index (χ4v) is 1.20. The lowest BCUT2D eigenvalue weighted by Crippen LogP contribution is -2.46. The summed E-state index contributed by atoms with van der Waals surface area (Å²) < 4.78 is 5.03. The molecule has 0 aromatic rings. The summed E-state index contributed by atoms with van der Waals surface area (Å²) in [6, 6.07) is 0. The lowest BCUT2D eigenvalue weighted by Gasteiger charge is -2.23. The first-order chi connectivity index (χ1) is 7.29. The zero-order valence-corrected chi connectivity index (χ0v) is 10.1. The number of nitrogens with zero attached hydrogens (tertiary/aromatic N) is 2. The molecule has 5 heteroatoms. The molecule has 0 aliphatic heterocycles. The molecule has 3 N–H and O–H groups in total. The maximum Gasteiger partial charge on any atom is 0.208 e. The Bertz CT molecular complexity index is 173. The molecular weight excluding hydrogens is 192 g/mol. The molecule has 0 saturated carbocycles. The van der Waals surface area contributed by atoms with E-state index in [-0.39, 0.29) is 0 Å². The topological polar surface area (TPSA) is 62.9 Å². The molecule has 90 valence electrons. The van der Waals surface area contributed by atoms with Gasteiger partial charge in [-0.2, -0.15) is 0 Å². The van der Waals surface area contributed by atoms with Gasteiger partial charge in [0.2, 0.25) is 5.96 Å². The highest BCUT2D eigenvalue weighted by Gasteiger charge is 2.06. The van der Waals surface area contributed by atoms with Crippen molar-refractivity contribution in [2.45, 2.75) is 26.7 Å². The van der Waals surface area contributed by atoms with E-state index in [2.05, 4.69) is 29.2 Å². The van der Waals surface area contributed by atoms with E-state index in [1.807, 2.05) is 0 Å². The molecule has 0 aromatic carbocycles. The fraction of sp³-hybridized carbons (Fsp3) is 0.900. The van der Waals surface area contributed by atoms with Crippen molar-refractivity contribution < 1.29 is 4.74 Å². The molecule has 0 aliphatic rings. The minimum atomic E-state index is 0.683. The van der Waals surface area contributed by atoms with E-state index in [0.717, 1.165) is 38.4 Å². The number of hydrazine groups is 1. The van der Waals surface area contributed by atoms with Crippen LogP contribution in [0.3, 0.4) is 0 Å². The summed E-state index contributed by atoms with van der Waals surface area (Å²) >= 11 is 0. The molecule has 0 fully saturated rings. The average Bonchev–Trinajstić information content (AvgIpc) is 2.27. The van der Waals surface area contributed by atoms with Crippen LogP contribution in [0.25, 0.3) is 0 Å². The van der Waals surface area contributed by atoms with Crippen LogP contribution in [0.15, 0.2) is 4.99 Å². The summed E-state index contributed by atoms with van der Waals surface area (Å²) in [7, 11) is 1.69. The summed E-state index contributed by atoms with van der Waals surface area (Å²) in [5.41, 5.74) is 2.64. The van der Waals surface area contributed by atoms with Crippen LogP contribution in [0.2, 0.25) is 0 Å². The molecule has 0 aliphatic carbocycles. The van der Waals surface area contributed by atoms with Crippen molar-refractivity contribution in [1.29, 1.82) is 0 Å².